The first-order valence-electron chi connectivity index (χ1n) is 10.8. The molecule has 1 unspecified atom stereocenters. The second kappa shape index (κ2) is 10.2. The SMILES string of the molecule is COc1ccc(C2/C(=C(\O)c3ccc(Br)cc3)C(=O)C(=O)N2Cc2ccc(OC)c(OC)c2)cc1. The van der Waals surface area contributed by atoms with Crippen molar-refractivity contribution in [2.45, 2.75) is 12.6 Å². The number of carbonyl (C=O) groups excluding carboxylic acids is 2. The average molecular weight is 538 g/mol. The summed E-state index contributed by atoms with van der Waals surface area (Å²) in [5, 5.41) is 11.2. The summed E-state index contributed by atoms with van der Waals surface area (Å²) in [4.78, 5) is 27.9. The maximum Gasteiger partial charge on any atom is 0.295 e. The van der Waals surface area contributed by atoms with Crippen molar-refractivity contribution in [1.29, 1.82) is 0 Å². The lowest BCUT2D eigenvalue weighted by molar-refractivity contribution is -0.140. The molecule has 35 heavy (non-hydrogen) atoms. The summed E-state index contributed by atoms with van der Waals surface area (Å²) in [6.07, 6.45) is 0. The maximum atomic E-state index is 13.2. The summed E-state index contributed by atoms with van der Waals surface area (Å²) >= 11 is 3.37. The van der Waals surface area contributed by atoms with Crippen LogP contribution in [-0.4, -0.2) is 43.0 Å². The van der Waals surface area contributed by atoms with Gasteiger partial charge in [-0.25, -0.2) is 0 Å². The Bertz CT molecular complexity index is 1280. The number of hydrogen-bond acceptors (Lipinski definition) is 6. The quantitative estimate of drug-likeness (QED) is 0.256. The number of aliphatic hydroxyl groups is 1. The topological polar surface area (TPSA) is 85.3 Å². The molecule has 0 saturated carbocycles. The molecule has 4 rings (SSSR count). The highest BCUT2D eigenvalue weighted by molar-refractivity contribution is 9.10. The molecule has 1 amide bonds. The molecule has 3 aromatic carbocycles. The van der Waals surface area contributed by atoms with Gasteiger partial charge in [0.1, 0.15) is 11.5 Å². The highest BCUT2D eigenvalue weighted by atomic mass is 79.9. The number of benzene rings is 3. The normalized spacial score (nSPS) is 16.9. The first kappa shape index (κ1) is 24.3. The molecule has 1 saturated heterocycles. The lowest BCUT2D eigenvalue weighted by Gasteiger charge is -2.26. The van der Waals surface area contributed by atoms with Crippen LogP contribution in [0.5, 0.6) is 17.2 Å². The van der Waals surface area contributed by atoms with Crippen LogP contribution in [-0.2, 0) is 16.1 Å². The second-order valence-electron chi connectivity index (χ2n) is 7.90. The Balaban J connectivity index is 1.83. The van der Waals surface area contributed by atoms with Gasteiger partial charge in [-0.1, -0.05) is 46.3 Å². The molecular formula is C27H24BrNO6. The van der Waals surface area contributed by atoms with Crippen molar-refractivity contribution >= 4 is 33.4 Å². The summed E-state index contributed by atoms with van der Waals surface area (Å²) in [6, 6.07) is 18.5. The van der Waals surface area contributed by atoms with Crippen LogP contribution in [0.2, 0.25) is 0 Å². The summed E-state index contributed by atoms with van der Waals surface area (Å²) in [7, 11) is 4.64. The third-order valence-corrected chi connectivity index (χ3v) is 6.42. The van der Waals surface area contributed by atoms with Crippen molar-refractivity contribution < 1.29 is 28.9 Å². The van der Waals surface area contributed by atoms with E-state index in [0.717, 1.165) is 10.0 Å². The van der Waals surface area contributed by atoms with Crippen LogP contribution < -0.4 is 14.2 Å². The Morgan fingerprint density at radius 3 is 2.14 bits per heavy atom. The third kappa shape index (κ3) is 4.74. The fourth-order valence-corrected chi connectivity index (χ4v) is 4.38. The highest BCUT2D eigenvalue weighted by Crippen LogP contribution is 2.41. The smallest absolute Gasteiger partial charge is 0.295 e. The van der Waals surface area contributed by atoms with E-state index in [2.05, 4.69) is 15.9 Å². The number of hydrogen-bond donors (Lipinski definition) is 1. The highest BCUT2D eigenvalue weighted by Gasteiger charge is 2.46. The molecule has 7 nitrogen and oxygen atoms in total. The molecule has 0 bridgehead atoms. The molecule has 0 aliphatic carbocycles. The Labute approximate surface area is 211 Å². The molecule has 0 spiro atoms. The molecule has 1 fully saturated rings. The minimum atomic E-state index is -0.794. The van der Waals surface area contributed by atoms with Crippen molar-refractivity contribution in [3.8, 4) is 17.2 Å². The molecule has 180 valence electrons. The first-order chi connectivity index (χ1) is 16.9. The summed E-state index contributed by atoms with van der Waals surface area (Å²) in [5.74, 6) is 0.0358. The van der Waals surface area contributed by atoms with Crippen LogP contribution in [0, 0.1) is 0 Å². The number of Topliss-reactive ketones (excluding diaryl/α,β-unsaturated/α-hetero) is 1. The van der Waals surface area contributed by atoms with E-state index in [1.807, 2.05) is 0 Å². The number of aliphatic hydroxyl groups excluding tert-OH is 1. The van der Waals surface area contributed by atoms with Crippen LogP contribution in [0.25, 0.3) is 5.76 Å². The van der Waals surface area contributed by atoms with E-state index >= 15 is 0 Å². The molecule has 8 heteroatoms. The van der Waals surface area contributed by atoms with Gasteiger partial charge in [-0.2, -0.15) is 0 Å². The van der Waals surface area contributed by atoms with Gasteiger partial charge in [-0.3, -0.25) is 9.59 Å². The van der Waals surface area contributed by atoms with Crippen molar-refractivity contribution in [2.75, 3.05) is 21.3 Å². The summed E-state index contributed by atoms with van der Waals surface area (Å²) in [6.45, 7) is 0.124. The van der Waals surface area contributed by atoms with Crippen LogP contribution in [0.4, 0.5) is 0 Å². The predicted molar refractivity (Wildman–Crippen MR) is 135 cm³/mol. The number of amides is 1. The van der Waals surface area contributed by atoms with Gasteiger partial charge in [-0.05, 0) is 47.5 Å². The lowest BCUT2D eigenvalue weighted by atomic mass is 9.95. The van der Waals surface area contributed by atoms with Gasteiger partial charge in [-0.15, -0.1) is 0 Å². The first-order valence-corrected chi connectivity index (χ1v) is 11.6. The second-order valence-corrected chi connectivity index (χ2v) is 8.81. The van der Waals surface area contributed by atoms with E-state index in [4.69, 9.17) is 14.2 Å². The Morgan fingerprint density at radius 2 is 1.54 bits per heavy atom. The lowest BCUT2D eigenvalue weighted by Crippen LogP contribution is -2.29. The van der Waals surface area contributed by atoms with E-state index in [1.165, 1.54) is 12.0 Å². The fraction of sp³-hybridized carbons (Fsp3) is 0.185. The number of likely N-dealkylation sites (tertiary alicyclic amines) is 1. The van der Waals surface area contributed by atoms with Crippen LogP contribution in [0.3, 0.4) is 0 Å². The average Bonchev–Trinajstić information content (AvgIpc) is 3.13. The van der Waals surface area contributed by atoms with E-state index < -0.39 is 17.7 Å². The van der Waals surface area contributed by atoms with Crippen LogP contribution in [0.15, 0.2) is 76.8 Å². The predicted octanol–water partition coefficient (Wildman–Crippen LogP) is 5.10. The van der Waals surface area contributed by atoms with Crippen molar-refractivity contribution in [1.82, 2.24) is 4.90 Å². The monoisotopic (exact) mass is 537 g/mol. The third-order valence-electron chi connectivity index (χ3n) is 5.89. The molecule has 1 N–H and O–H groups in total. The zero-order chi connectivity index (χ0) is 25.1. The number of ketones is 1. The van der Waals surface area contributed by atoms with E-state index in [0.29, 0.717) is 28.4 Å². The van der Waals surface area contributed by atoms with E-state index in [9.17, 15) is 14.7 Å². The minimum absolute atomic E-state index is 0.0305. The van der Waals surface area contributed by atoms with Gasteiger partial charge in [0.2, 0.25) is 0 Å². The number of halogens is 1. The van der Waals surface area contributed by atoms with Gasteiger partial charge in [0.15, 0.2) is 11.5 Å². The Hall–Kier alpha value is -3.78. The number of methoxy groups -OCH3 is 3. The minimum Gasteiger partial charge on any atom is -0.507 e. The van der Waals surface area contributed by atoms with Gasteiger partial charge in [0.25, 0.3) is 11.7 Å². The van der Waals surface area contributed by atoms with E-state index in [1.54, 1.807) is 80.9 Å². The van der Waals surface area contributed by atoms with Gasteiger partial charge < -0.3 is 24.2 Å². The van der Waals surface area contributed by atoms with Crippen molar-refractivity contribution in [3.05, 3.63) is 93.5 Å². The Morgan fingerprint density at radius 1 is 0.886 bits per heavy atom. The maximum absolute atomic E-state index is 13.2. The van der Waals surface area contributed by atoms with Crippen molar-refractivity contribution in [2.24, 2.45) is 0 Å². The van der Waals surface area contributed by atoms with Crippen LogP contribution >= 0.6 is 15.9 Å². The van der Waals surface area contributed by atoms with Crippen LogP contribution in [0.1, 0.15) is 22.7 Å². The molecule has 1 atom stereocenters. The zero-order valence-electron chi connectivity index (χ0n) is 19.4. The standard InChI is InChI=1S/C27H24BrNO6/c1-33-20-11-7-17(8-12-20)24-23(25(30)18-5-9-19(28)10-6-18)26(31)27(32)29(24)15-16-4-13-21(34-2)22(14-16)35-3/h4-14,24,30H,15H2,1-3H3/b25-23+. The molecular weight excluding hydrogens is 514 g/mol. The molecule has 1 heterocycles. The molecule has 3 aromatic rings. The number of nitrogens with zero attached hydrogens (tertiary/aromatic N) is 1. The molecule has 1 aliphatic rings. The number of rotatable bonds is 7. The molecule has 0 aromatic heterocycles. The fourth-order valence-electron chi connectivity index (χ4n) is 4.11. The van der Waals surface area contributed by atoms with Gasteiger partial charge in [0, 0.05) is 16.6 Å². The largest absolute Gasteiger partial charge is 0.507 e. The van der Waals surface area contributed by atoms with Crippen molar-refractivity contribution in [3.63, 3.8) is 0 Å². The van der Waals surface area contributed by atoms with Gasteiger partial charge >= 0.3 is 0 Å². The van der Waals surface area contributed by atoms with E-state index in [-0.39, 0.29) is 17.9 Å². The summed E-state index contributed by atoms with van der Waals surface area (Å²) in [5.41, 5.74) is 1.88. The molecule has 1 aliphatic heterocycles. The van der Waals surface area contributed by atoms with Gasteiger partial charge in [0.05, 0.1) is 32.9 Å². The Kier molecular flexibility index (Phi) is 7.12. The number of carbonyl (C=O) groups is 2. The molecule has 0 radical (unpaired) electrons. The zero-order valence-corrected chi connectivity index (χ0v) is 21.0. The summed E-state index contributed by atoms with van der Waals surface area (Å²) < 4.78 is 16.8. The number of ether oxygens (including phenoxy) is 3.